The van der Waals surface area contributed by atoms with E-state index in [-0.39, 0.29) is 6.42 Å². The van der Waals surface area contributed by atoms with Crippen LogP contribution >= 0.6 is 7.82 Å². The van der Waals surface area contributed by atoms with Crippen LogP contribution < -0.4 is 0 Å². The molecule has 0 fully saturated rings. The number of allylic oxidation sites excluding steroid dienone is 6. The first-order chi connectivity index (χ1) is 13.4. The van der Waals surface area contributed by atoms with Gasteiger partial charge in [-0.15, -0.1) is 0 Å². The van der Waals surface area contributed by atoms with E-state index in [1.807, 2.05) is 6.92 Å². The first-order valence-electron chi connectivity index (χ1n) is 9.55. The van der Waals surface area contributed by atoms with E-state index in [9.17, 15) is 19.6 Å². The number of aliphatic hydroxyl groups excluding tert-OH is 3. The van der Waals surface area contributed by atoms with E-state index >= 15 is 0 Å². The Bertz CT molecular complexity index is 643. The van der Waals surface area contributed by atoms with Crippen LogP contribution in [0.5, 0.6) is 0 Å². The maximum Gasteiger partial charge on any atom is 0.470 e. The zero-order chi connectivity index (χ0) is 22.6. The Balaban J connectivity index is 4.78. The van der Waals surface area contributed by atoms with E-state index < -0.39 is 38.5 Å². The van der Waals surface area contributed by atoms with Crippen LogP contribution in [-0.2, 0) is 13.9 Å². The zero-order valence-electron chi connectivity index (χ0n) is 17.6. The molecule has 0 aromatic carbocycles. The number of ketones is 1. The number of hydrogen-bond acceptors (Lipinski definition) is 6. The number of rotatable bonds is 14. The molecule has 0 saturated carbocycles. The molecule has 9 heteroatoms. The van der Waals surface area contributed by atoms with Crippen LogP contribution in [0.4, 0.5) is 0 Å². The number of phosphoric ester groups is 1. The first-order valence-corrected chi connectivity index (χ1v) is 11.1. The van der Waals surface area contributed by atoms with Crippen LogP contribution in [0.25, 0.3) is 0 Å². The lowest BCUT2D eigenvalue weighted by Crippen LogP contribution is -2.45. The number of hydrogen-bond donors (Lipinski definition) is 5. The van der Waals surface area contributed by atoms with Crippen molar-refractivity contribution in [1.29, 1.82) is 0 Å². The fourth-order valence-corrected chi connectivity index (χ4v) is 3.04. The Kier molecular flexibility index (Phi) is 13.4. The van der Waals surface area contributed by atoms with Crippen molar-refractivity contribution >= 4 is 13.6 Å². The molecule has 29 heavy (non-hydrogen) atoms. The van der Waals surface area contributed by atoms with Gasteiger partial charge in [0, 0.05) is 6.42 Å². The minimum atomic E-state index is -5.08. The van der Waals surface area contributed by atoms with Crippen molar-refractivity contribution < 1.29 is 39.0 Å². The molecule has 0 heterocycles. The Morgan fingerprint density at radius 1 is 0.966 bits per heavy atom. The number of phosphoric acid groups is 1. The third kappa shape index (κ3) is 13.7. The Morgan fingerprint density at radius 3 is 1.97 bits per heavy atom. The molecule has 0 radical (unpaired) electrons. The smallest absolute Gasteiger partial charge is 0.394 e. The standard InChI is InChI=1S/C20H35O8P/c1-14(2)7-5-8-15(3)9-6-10-16(4)11-12-17(22)20(28-29(25,26)27)19(24)18(23)13-21/h7,9,11,18-21,23-24H,5-6,8,10,12-13H2,1-4H3,(H2,25,26,27)/t18-,19-,20+/m1/s1. The van der Waals surface area contributed by atoms with E-state index in [1.165, 1.54) is 11.1 Å². The molecular formula is C20H35O8P. The fraction of sp³-hybridized carbons (Fsp3) is 0.650. The van der Waals surface area contributed by atoms with Gasteiger partial charge in [0.1, 0.15) is 12.2 Å². The minimum Gasteiger partial charge on any atom is -0.394 e. The molecule has 0 spiro atoms. The molecule has 0 bridgehead atoms. The van der Waals surface area contributed by atoms with Crippen molar-refractivity contribution in [2.45, 2.75) is 78.1 Å². The Morgan fingerprint density at radius 2 is 1.48 bits per heavy atom. The third-order valence-electron chi connectivity index (χ3n) is 4.23. The summed E-state index contributed by atoms with van der Waals surface area (Å²) < 4.78 is 15.4. The molecule has 0 unspecified atom stereocenters. The van der Waals surface area contributed by atoms with Gasteiger partial charge >= 0.3 is 7.82 Å². The van der Waals surface area contributed by atoms with Gasteiger partial charge in [-0.05, 0) is 53.4 Å². The van der Waals surface area contributed by atoms with Crippen molar-refractivity contribution in [3.05, 3.63) is 34.9 Å². The monoisotopic (exact) mass is 434 g/mol. The maximum atomic E-state index is 12.3. The minimum absolute atomic E-state index is 0.227. The van der Waals surface area contributed by atoms with Gasteiger partial charge in [0.25, 0.3) is 0 Å². The van der Waals surface area contributed by atoms with Crippen LogP contribution in [-0.4, -0.2) is 55.8 Å². The Labute approximate surface area is 172 Å². The lowest BCUT2D eigenvalue weighted by Gasteiger charge is -2.24. The second kappa shape index (κ2) is 14.0. The Hall–Kier alpha value is -1.12. The first kappa shape index (κ1) is 27.9. The summed E-state index contributed by atoms with van der Waals surface area (Å²) >= 11 is 0. The highest BCUT2D eigenvalue weighted by Crippen LogP contribution is 2.39. The van der Waals surface area contributed by atoms with Crippen molar-refractivity contribution in [1.82, 2.24) is 0 Å². The topological polar surface area (TPSA) is 145 Å². The molecule has 0 aliphatic heterocycles. The number of Topliss-reactive ketones (excluding diaryl/α,β-unsaturated/α-hetero) is 1. The summed E-state index contributed by atoms with van der Waals surface area (Å²) in [6, 6.07) is 0. The number of carbonyl (C=O) groups excluding carboxylic acids is 1. The summed E-state index contributed by atoms with van der Waals surface area (Å²) in [6.45, 7) is 7.14. The van der Waals surface area contributed by atoms with E-state index in [2.05, 4.69) is 37.4 Å². The van der Waals surface area contributed by atoms with Gasteiger partial charge in [0.05, 0.1) is 6.61 Å². The lowest BCUT2D eigenvalue weighted by atomic mass is 10.0. The molecular weight excluding hydrogens is 399 g/mol. The molecule has 0 aromatic rings. The molecule has 0 aromatic heterocycles. The van der Waals surface area contributed by atoms with Crippen molar-refractivity contribution in [2.75, 3.05) is 6.61 Å². The van der Waals surface area contributed by atoms with Crippen LogP contribution in [0.3, 0.4) is 0 Å². The van der Waals surface area contributed by atoms with Crippen LogP contribution in [0, 0.1) is 0 Å². The van der Waals surface area contributed by atoms with Gasteiger partial charge in [-0.3, -0.25) is 9.32 Å². The highest BCUT2D eigenvalue weighted by molar-refractivity contribution is 7.46. The largest absolute Gasteiger partial charge is 0.470 e. The van der Waals surface area contributed by atoms with E-state index in [4.69, 9.17) is 14.9 Å². The predicted octanol–water partition coefficient (Wildman–Crippen LogP) is 2.56. The molecule has 0 rings (SSSR count). The molecule has 0 amide bonds. The molecule has 0 saturated heterocycles. The summed E-state index contributed by atoms with van der Waals surface area (Å²) in [5.74, 6) is -0.805. The summed E-state index contributed by atoms with van der Waals surface area (Å²) in [4.78, 5) is 30.1. The number of aliphatic hydroxyl groups is 3. The highest BCUT2D eigenvalue weighted by Gasteiger charge is 2.37. The maximum absolute atomic E-state index is 12.3. The van der Waals surface area contributed by atoms with Gasteiger partial charge in [0.2, 0.25) is 0 Å². The summed E-state index contributed by atoms with van der Waals surface area (Å²) in [5.41, 5.74) is 3.47. The zero-order valence-corrected chi connectivity index (χ0v) is 18.5. The average molecular weight is 434 g/mol. The average Bonchev–Trinajstić information content (AvgIpc) is 2.61. The van der Waals surface area contributed by atoms with Gasteiger partial charge in [0.15, 0.2) is 11.9 Å². The van der Waals surface area contributed by atoms with Gasteiger partial charge in [-0.2, -0.15) is 0 Å². The molecule has 5 N–H and O–H groups in total. The molecule has 8 nitrogen and oxygen atoms in total. The third-order valence-corrected chi connectivity index (χ3v) is 4.74. The van der Waals surface area contributed by atoms with Crippen molar-refractivity contribution in [3.8, 4) is 0 Å². The van der Waals surface area contributed by atoms with Crippen LogP contribution in [0.2, 0.25) is 0 Å². The molecule has 0 aliphatic rings. The van der Waals surface area contributed by atoms with E-state index in [0.717, 1.165) is 24.8 Å². The van der Waals surface area contributed by atoms with E-state index in [0.29, 0.717) is 6.42 Å². The quantitative estimate of drug-likeness (QED) is 0.207. The van der Waals surface area contributed by atoms with Crippen molar-refractivity contribution in [2.24, 2.45) is 0 Å². The van der Waals surface area contributed by atoms with Crippen LogP contribution in [0.15, 0.2) is 34.9 Å². The predicted molar refractivity (Wildman–Crippen MR) is 111 cm³/mol. The lowest BCUT2D eigenvalue weighted by molar-refractivity contribution is -0.138. The summed E-state index contributed by atoms with van der Waals surface area (Å²) in [6.07, 6.45) is 3.52. The number of carbonyl (C=O) groups is 1. The second-order valence-corrected chi connectivity index (χ2v) is 8.58. The van der Waals surface area contributed by atoms with Crippen LogP contribution in [0.1, 0.15) is 59.8 Å². The molecule has 168 valence electrons. The van der Waals surface area contributed by atoms with Gasteiger partial charge < -0.3 is 25.1 Å². The summed E-state index contributed by atoms with van der Waals surface area (Å²) in [5, 5.41) is 28.2. The SMILES string of the molecule is CC(C)=CCCC(C)=CCCC(C)=CCC(=O)[C@H](OP(=O)(O)O)[C@H](O)[C@H](O)CO. The van der Waals surface area contributed by atoms with E-state index in [1.54, 1.807) is 6.08 Å². The molecule has 3 atom stereocenters. The molecule has 0 aliphatic carbocycles. The normalized spacial score (nSPS) is 16.3. The van der Waals surface area contributed by atoms with Gasteiger partial charge in [-0.1, -0.05) is 34.9 Å². The van der Waals surface area contributed by atoms with Gasteiger partial charge in [-0.25, -0.2) is 4.57 Å². The fourth-order valence-electron chi connectivity index (χ4n) is 2.50. The summed E-state index contributed by atoms with van der Waals surface area (Å²) in [7, 11) is -5.08. The highest BCUT2D eigenvalue weighted by atomic mass is 31.2. The second-order valence-electron chi connectivity index (χ2n) is 7.39. The van der Waals surface area contributed by atoms with Crippen molar-refractivity contribution in [3.63, 3.8) is 0 Å².